The number of nitrogens with zero attached hydrogens (tertiary/aromatic N) is 1. The van der Waals surface area contributed by atoms with Crippen molar-refractivity contribution in [2.75, 3.05) is 12.8 Å². The summed E-state index contributed by atoms with van der Waals surface area (Å²) < 4.78 is 5.31. The van der Waals surface area contributed by atoms with E-state index in [0.717, 1.165) is 0 Å². The van der Waals surface area contributed by atoms with E-state index in [4.69, 9.17) is 10.5 Å². The first-order valence-electron chi connectivity index (χ1n) is 5.66. The maximum absolute atomic E-state index is 12.4. The van der Waals surface area contributed by atoms with Crippen molar-refractivity contribution in [1.82, 2.24) is 0 Å². The molecule has 0 aromatic heterocycles. The Morgan fingerprint density at radius 1 is 1.39 bits per heavy atom. The smallest absolute Gasteiger partial charge is 0.197 e. The van der Waals surface area contributed by atoms with Crippen molar-refractivity contribution in [1.29, 1.82) is 0 Å². The van der Waals surface area contributed by atoms with Gasteiger partial charge in [-0.25, -0.2) is 4.99 Å². The molecule has 1 aliphatic carbocycles. The molecule has 1 aromatic carbocycles. The first kappa shape index (κ1) is 10.9. The summed E-state index contributed by atoms with van der Waals surface area (Å²) in [6, 6.07) is 5.25. The van der Waals surface area contributed by atoms with Crippen LogP contribution in [0.5, 0.6) is 0 Å². The second-order valence-electron chi connectivity index (χ2n) is 4.19. The molecule has 0 radical (unpaired) electrons. The number of nitrogen functional groups attached to an aromatic ring is 1. The lowest BCUT2D eigenvalue weighted by Gasteiger charge is -2.24. The van der Waals surface area contributed by atoms with E-state index >= 15 is 0 Å². The van der Waals surface area contributed by atoms with Gasteiger partial charge in [0.1, 0.15) is 6.10 Å². The van der Waals surface area contributed by atoms with Gasteiger partial charge >= 0.3 is 0 Å². The maximum atomic E-state index is 12.4. The third kappa shape index (κ3) is 1.43. The molecule has 3 rings (SSSR count). The number of ether oxygens (including phenoxy) is 1. The number of allylic oxidation sites excluding steroid dienone is 2. The predicted octanol–water partition coefficient (Wildman–Crippen LogP) is 2.05. The van der Waals surface area contributed by atoms with Gasteiger partial charge in [-0.15, -0.1) is 0 Å². The number of fused-ring (bicyclic) bond motifs is 2. The molecule has 18 heavy (non-hydrogen) atoms. The number of anilines is 1. The Labute approximate surface area is 104 Å². The zero-order valence-corrected chi connectivity index (χ0v) is 9.88. The molecule has 4 nitrogen and oxygen atoms in total. The van der Waals surface area contributed by atoms with Gasteiger partial charge in [-0.1, -0.05) is 12.1 Å². The van der Waals surface area contributed by atoms with E-state index in [9.17, 15) is 4.79 Å². The Hall–Kier alpha value is -2.20. The molecule has 1 aromatic rings. The average molecular weight is 240 g/mol. The molecule has 0 amide bonds. The van der Waals surface area contributed by atoms with E-state index < -0.39 is 0 Å². The standard InChI is InChI=1S/C14H12N2O2/c1-18-11-7-3-5-9-13(11)16-12-8(14(9)17)4-2-6-10(12)15/h2-7,11H,15H2,1H3. The summed E-state index contributed by atoms with van der Waals surface area (Å²) in [7, 11) is 1.59. The van der Waals surface area contributed by atoms with Crippen molar-refractivity contribution in [3.8, 4) is 0 Å². The third-order valence-corrected chi connectivity index (χ3v) is 3.14. The number of Topliss-reactive ketones (excluding diaryl/α,β-unsaturated/α-hetero) is 1. The van der Waals surface area contributed by atoms with Crippen LogP contribution in [0.15, 0.2) is 47.0 Å². The summed E-state index contributed by atoms with van der Waals surface area (Å²) in [5, 5.41) is 0. The molecule has 4 heteroatoms. The summed E-state index contributed by atoms with van der Waals surface area (Å²) >= 11 is 0. The number of nitrogens with two attached hydrogens (primary N) is 1. The highest BCUT2D eigenvalue weighted by atomic mass is 16.5. The highest BCUT2D eigenvalue weighted by Gasteiger charge is 2.31. The Bertz CT molecular complexity index is 627. The van der Waals surface area contributed by atoms with Crippen LogP contribution in [0, 0.1) is 0 Å². The van der Waals surface area contributed by atoms with E-state index in [2.05, 4.69) is 4.99 Å². The number of para-hydroxylation sites is 1. The molecule has 1 unspecified atom stereocenters. The molecular formula is C14H12N2O2. The lowest BCUT2D eigenvalue weighted by molar-refractivity contribution is 0.103. The first-order chi connectivity index (χ1) is 8.72. The van der Waals surface area contributed by atoms with Crippen LogP contribution in [0.1, 0.15) is 10.4 Å². The summed E-state index contributed by atoms with van der Waals surface area (Å²) in [5.74, 6) is -0.0475. The number of aliphatic imine (C=N–C) groups is 1. The van der Waals surface area contributed by atoms with Crippen LogP contribution in [0.2, 0.25) is 0 Å². The molecule has 1 aliphatic heterocycles. The summed E-state index contributed by atoms with van der Waals surface area (Å²) in [6.45, 7) is 0. The van der Waals surface area contributed by atoms with Crippen LogP contribution in [0.3, 0.4) is 0 Å². The Morgan fingerprint density at radius 3 is 3.00 bits per heavy atom. The van der Waals surface area contributed by atoms with Crippen molar-refractivity contribution in [3.05, 3.63) is 47.6 Å². The van der Waals surface area contributed by atoms with Crippen LogP contribution in [-0.4, -0.2) is 24.7 Å². The monoisotopic (exact) mass is 240 g/mol. The molecule has 0 saturated carbocycles. The van der Waals surface area contributed by atoms with Gasteiger partial charge < -0.3 is 10.5 Å². The molecule has 1 heterocycles. The van der Waals surface area contributed by atoms with Crippen molar-refractivity contribution in [3.63, 3.8) is 0 Å². The van der Waals surface area contributed by atoms with Crippen LogP contribution in [0.4, 0.5) is 11.4 Å². The quantitative estimate of drug-likeness (QED) is 0.764. The Balaban J connectivity index is 2.25. The molecule has 0 bridgehead atoms. The Kier molecular flexibility index (Phi) is 2.38. The fourth-order valence-corrected chi connectivity index (χ4v) is 2.22. The van der Waals surface area contributed by atoms with Gasteiger partial charge in [-0.05, 0) is 24.3 Å². The van der Waals surface area contributed by atoms with Gasteiger partial charge in [-0.3, -0.25) is 4.79 Å². The number of rotatable bonds is 1. The van der Waals surface area contributed by atoms with Crippen LogP contribution in [0.25, 0.3) is 0 Å². The van der Waals surface area contributed by atoms with Crippen molar-refractivity contribution >= 4 is 22.9 Å². The van der Waals surface area contributed by atoms with E-state index in [1.807, 2.05) is 12.2 Å². The number of methoxy groups -OCH3 is 1. The number of carbonyl (C=O) groups is 1. The number of ketones is 1. The third-order valence-electron chi connectivity index (χ3n) is 3.14. The van der Waals surface area contributed by atoms with E-state index in [1.54, 1.807) is 31.4 Å². The maximum Gasteiger partial charge on any atom is 0.197 e. The van der Waals surface area contributed by atoms with Gasteiger partial charge in [-0.2, -0.15) is 0 Å². The highest BCUT2D eigenvalue weighted by Crippen LogP contribution is 2.35. The number of carbonyl (C=O) groups excluding carboxylic acids is 1. The minimum absolute atomic E-state index is 0.0475. The number of benzene rings is 1. The second kappa shape index (κ2) is 3.92. The molecular weight excluding hydrogens is 228 g/mol. The summed E-state index contributed by atoms with van der Waals surface area (Å²) in [6.07, 6.45) is 5.15. The van der Waals surface area contributed by atoms with Crippen LogP contribution in [-0.2, 0) is 4.74 Å². The normalized spacial score (nSPS) is 20.9. The van der Waals surface area contributed by atoms with Gasteiger partial charge in [0.15, 0.2) is 5.78 Å². The minimum Gasteiger partial charge on any atom is -0.397 e. The molecule has 0 saturated heterocycles. The molecule has 0 spiro atoms. The summed E-state index contributed by atoms with van der Waals surface area (Å²) in [4.78, 5) is 16.9. The zero-order valence-electron chi connectivity index (χ0n) is 9.88. The second-order valence-corrected chi connectivity index (χ2v) is 4.19. The minimum atomic E-state index is -0.290. The predicted molar refractivity (Wildman–Crippen MR) is 70.3 cm³/mol. The van der Waals surface area contributed by atoms with E-state index in [1.165, 1.54) is 0 Å². The largest absolute Gasteiger partial charge is 0.397 e. The SMILES string of the molecule is COC1C=CC=C2C(=O)c3cccc(N)c3N=C21. The van der Waals surface area contributed by atoms with E-state index in [-0.39, 0.29) is 11.9 Å². The summed E-state index contributed by atoms with van der Waals surface area (Å²) in [5.41, 5.74) is 8.71. The average Bonchev–Trinajstić information content (AvgIpc) is 2.40. The fraction of sp³-hybridized carbons (Fsp3) is 0.143. The van der Waals surface area contributed by atoms with Crippen molar-refractivity contribution < 1.29 is 9.53 Å². The topological polar surface area (TPSA) is 64.7 Å². The van der Waals surface area contributed by atoms with Gasteiger partial charge in [0.25, 0.3) is 0 Å². The fourth-order valence-electron chi connectivity index (χ4n) is 2.22. The van der Waals surface area contributed by atoms with Gasteiger partial charge in [0.05, 0.1) is 22.6 Å². The zero-order chi connectivity index (χ0) is 12.7. The highest BCUT2D eigenvalue weighted by molar-refractivity contribution is 6.34. The first-order valence-corrected chi connectivity index (χ1v) is 5.66. The lowest BCUT2D eigenvalue weighted by Crippen LogP contribution is -2.30. The number of hydrogen-bond donors (Lipinski definition) is 1. The van der Waals surface area contributed by atoms with Crippen molar-refractivity contribution in [2.45, 2.75) is 6.10 Å². The number of hydrogen-bond acceptors (Lipinski definition) is 4. The Morgan fingerprint density at radius 2 is 2.22 bits per heavy atom. The van der Waals surface area contributed by atoms with E-state index in [0.29, 0.717) is 28.2 Å². The van der Waals surface area contributed by atoms with Gasteiger partial charge in [0, 0.05) is 12.7 Å². The molecule has 90 valence electrons. The lowest BCUT2D eigenvalue weighted by atomic mass is 9.89. The molecule has 2 N–H and O–H groups in total. The molecule has 1 atom stereocenters. The molecule has 0 fully saturated rings. The van der Waals surface area contributed by atoms with Crippen LogP contribution < -0.4 is 5.73 Å². The molecule has 2 aliphatic rings. The van der Waals surface area contributed by atoms with Crippen LogP contribution >= 0.6 is 0 Å². The van der Waals surface area contributed by atoms with Crippen molar-refractivity contribution in [2.24, 2.45) is 4.99 Å². The van der Waals surface area contributed by atoms with Gasteiger partial charge in [0.2, 0.25) is 0 Å².